The maximum absolute atomic E-state index is 6.49. The zero-order valence-corrected chi connectivity index (χ0v) is 15.3. The molecule has 1 nitrogen and oxygen atoms in total. The SMILES string of the molecule is Cc1cc(C)c(C2C3=C(CCCC3)c3c(N)cc(C)cc32)c(C)c1. The van der Waals surface area contributed by atoms with Crippen LogP contribution in [-0.4, -0.2) is 0 Å². The Morgan fingerprint density at radius 1 is 0.833 bits per heavy atom. The van der Waals surface area contributed by atoms with E-state index in [0.29, 0.717) is 5.92 Å². The number of rotatable bonds is 1. The molecular weight excluding hydrogens is 290 g/mol. The summed E-state index contributed by atoms with van der Waals surface area (Å²) in [5.74, 6) is 0.415. The lowest BCUT2D eigenvalue weighted by Crippen LogP contribution is -2.08. The monoisotopic (exact) mass is 317 g/mol. The molecule has 24 heavy (non-hydrogen) atoms. The maximum Gasteiger partial charge on any atom is 0.0396 e. The zero-order chi connectivity index (χ0) is 17.0. The standard InChI is InChI=1S/C23H27N/c1-13-9-15(3)21(16(4)10-13)23-18-8-6-5-7-17(18)22-19(23)11-14(2)12-20(22)24/h9-12,23H,5-8,24H2,1-4H3. The molecule has 0 heterocycles. The van der Waals surface area contributed by atoms with Crippen molar-refractivity contribution in [3.63, 3.8) is 0 Å². The van der Waals surface area contributed by atoms with Crippen LogP contribution in [-0.2, 0) is 0 Å². The summed E-state index contributed by atoms with van der Waals surface area (Å²) in [6.07, 6.45) is 5.02. The number of nitrogen functional groups attached to an aromatic ring is 1. The largest absolute Gasteiger partial charge is 0.398 e. The fourth-order valence-corrected chi connectivity index (χ4v) is 5.12. The minimum Gasteiger partial charge on any atom is -0.398 e. The second kappa shape index (κ2) is 5.51. The van der Waals surface area contributed by atoms with E-state index in [-0.39, 0.29) is 0 Å². The summed E-state index contributed by atoms with van der Waals surface area (Å²) >= 11 is 0. The van der Waals surface area contributed by atoms with Gasteiger partial charge in [-0.15, -0.1) is 0 Å². The molecule has 0 radical (unpaired) electrons. The van der Waals surface area contributed by atoms with Gasteiger partial charge in [0.05, 0.1) is 0 Å². The summed E-state index contributed by atoms with van der Waals surface area (Å²) in [5, 5.41) is 0. The molecule has 2 aromatic carbocycles. The summed E-state index contributed by atoms with van der Waals surface area (Å²) in [6, 6.07) is 9.20. The zero-order valence-electron chi connectivity index (χ0n) is 15.3. The molecule has 2 aromatic rings. The molecule has 0 spiro atoms. The minimum atomic E-state index is 0.415. The van der Waals surface area contributed by atoms with Crippen LogP contribution in [0.5, 0.6) is 0 Å². The lowest BCUT2D eigenvalue weighted by Gasteiger charge is -2.24. The molecule has 1 atom stereocenters. The topological polar surface area (TPSA) is 26.0 Å². The van der Waals surface area contributed by atoms with Crippen molar-refractivity contribution >= 4 is 11.3 Å². The Labute approximate surface area is 145 Å². The lowest BCUT2D eigenvalue weighted by atomic mass is 9.79. The Morgan fingerprint density at radius 3 is 2.17 bits per heavy atom. The van der Waals surface area contributed by atoms with Crippen LogP contribution in [0.15, 0.2) is 29.8 Å². The van der Waals surface area contributed by atoms with Gasteiger partial charge in [0.1, 0.15) is 0 Å². The van der Waals surface area contributed by atoms with Gasteiger partial charge < -0.3 is 5.73 Å². The van der Waals surface area contributed by atoms with Crippen molar-refractivity contribution in [2.24, 2.45) is 0 Å². The fourth-order valence-electron chi connectivity index (χ4n) is 5.12. The van der Waals surface area contributed by atoms with Crippen molar-refractivity contribution in [3.8, 4) is 0 Å². The molecule has 4 rings (SSSR count). The number of anilines is 1. The van der Waals surface area contributed by atoms with E-state index in [9.17, 15) is 0 Å². The van der Waals surface area contributed by atoms with E-state index < -0.39 is 0 Å². The molecular formula is C23H27N. The van der Waals surface area contributed by atoms with Gasteiger partial charge in [0.2, 0.25) is 0 Å². The predicted octanol–water partition coefficient (Wildman–Crippen LogP) is 5.98. The van der Waals surface area contributed by atoms with Gasteiger partial charge in [0.25, 0.3) is 0 Å². The molecule has 1 heteroatoms. The van der Waals surface area contributed by atoms with Crippen LogP contribution in [0.25, 0.3) is 5.57 Å². The molecule has 0 saturated carbocycles. The van der Waals surface area contributed by atoms with Gasteiger partial charge in [0, 0.05) is 17.2 Å². The number of hydrogen-bond donors (Lipinski definition) is 1. The van der Waals surface area contributed by atoms with Gasteiger partial charge in [-0.1, -0.05) is 29.3 Å². The van der Waals surface area contributed by atoms with E-state index in [1.54, 1.807) is 11.1 Å². The Morgan fingerprint density at radius 2 is 1.46 bits per heavy atom. The van der Waals surface area contributed by atoms with Crippen LogP contribution >= 0.6 is 0 Å². The molecule has 0 fully saturated rings. The summed E-state index contributed by atoms with van der Waals surface area (Å²) in [5.41, 5.74) is 20.5. The number of hydrogen-bond acceptors (Lipinski definition) is 1. The molecule has 124 valence electrons. The Bertz CT molecular complexity index is 847. The van der Waals surface area contributed by atoms with Gasteiger partial charge in [-0.3, -0.25) is 0 Å². The first-order chi connectivity index (χ1) is 11.5. The molecule has 0 bridgehead atoms. The Balaban J connectivity index is 2.02. The van der Waals surface area contributed by atoms with E-state index in [2.05, 4.69) is 52.0 Å². The third-order valence-electron chi connectivity index (χ3n) is 5.84. The quantitative estimate of drug-likeness (QED) is 0.644. The molecule has 2 N–H and O–H groups in total. The molecule has 2 aliphatic rings. The van der Waals surface area contributed by atoms with Crippen LogP contribution < -0.4 is 5.73 Å². The molecule has 0 aromatic heterocycles. The number of fused-ring (bicyclic) bond motifs is 2. The van der Waals surface area contributed by atoms with Crippen molar-refractivity contribution in [1.29, 1.82) is 0 Å². The predicted molar refractivity (Wildman–Crippen MR) is 103 cm³/mol. The van der Waals surface area contributed by atoms with Crippen LogP contribution in [0.1, 0.15) is 70.5 Å². The minimum absolute atomic E-state index is 0.415. The van der Waals surface area contributed by atoms with E-state index in [4.69, 9.17) is 5.73 Å². The summed E-state index contributed by atoms with van der Waals surface area (Å²) in [6.45, 7) is 8.91. The van der Waals surface area contributed by atoms with E-state index in [1.165, 1.54) is 64.6 Å². The first kappa shape index (κ1) is 15.5. The van der Waals surface area contributed by atoms with Crippen LogP contribution in [0.2, 0.25) is 0 Å². The molecule has 1 unspecified atom stereocenters. The normalized spacial score (nSPS) is 19.4. The van der Waals surface area contributed by atoms with E-state index in [0.717, 1.165) is 5.69 Å². The smallest absolute Gasteiger partial charge is 0.0396 e. The van der Waals surface area contributed by atoms with Gasteiger partial charge in [0.15, 0.2) is 0 Å². The fraction of sp³-hybridized carbons (Fsp3) is 0.391. The van der Waals surface area contributed by atoms with Crippen LogP contribution in [0.4, 0.5) is 5.69 Å². The summed E-state index contributed by atoms with van der Waals surface area (Å²) < 4.78 is 0. The molecule has 0 saturated heterocycles. The van der Waals surface area contributed by atoms with Crippen molar-refractivity contribution in [2.75, 3.05) is 5.73 Å². The average molecular weight is 317 g/mol. The van der Waals surface area contributed by atoms with E-state index in [1.807, 2.05) is 0 Å². The van der Waals surface area contributed by atoms with Gasteiger partial charge in [-0.05, 0) is 92.8 Å². The Kier molecular flexibility index (Phi) is 3.56. The number of benzene rings is 2. The van der Waals surface area contributed by atoms with Crippen molar-refractivity contribution < 1.29 is 0 Å². The molecule has 0 amide bonds. The Hall–Kier alpha value is -2.02. The molecule has 2 aliphatic carbocycles. The first-order valence-electron chi connectivity index (χ1n) is 9.17. The van der Waals surface area contributed by atoms with Gasteiger partial charge in [-0.25, -0.2) is 0 Å². The van der Waals surface area contributed by atoms with Gasteiger partial charge in [-0.2, -0.15) is 0 Å². The van der Waals surface area contributed by atoms with E-state index >= 15 is 0 Å². The third-order valence-corrected chi connectivity index (χ3v) is 5.84. The highest BCUT2D eigenvalue weighted by Crippen LogP contribution is 2.54. The highest BCUT2D eigenvalue weighted by atomic mass is 14.6. The number of nitrogens with two attached hydrogens (primary N) is 1. The third kappa shape index (κ3) is 2.22. The van der Waals surface area contributed by atoms with Crippen LogP contribution in [0, 0.1) is 27.7 Å². The highest BCUT2D eigenvalue weighted by Gasteiger charge is 2.36. The first-order valence-corrected chi connectivity index (χ1v) is 9.17. The maximum atomic E-state index is 6.49. The van der Waals surface area contributed by atoms with Crippen molar-refractivity contribution in [3.05, 3.63) is 68.8 Å². The van der Waals surface area contributed by atoms with Crippen molar-refractivity contribution in [2.45, 2.75) is 59.3 Å². The molecule has 0 aliphatic heterocycles. The van der Waals surface area contributed by atoms with Gasteiger partial charge >= 0.3 is 0 Å². The average Bonchev–Trinajstić information content (AvgIpc) is 2.81. The van der Waals surface area contributed by atoms with Crippen LogP contribution in [0.3, 0.4) is 0 Å². The summed E-state index contributed by atoms with van der Waals surface area (Å²) in [7, 11) is 0. The highest BCUT2D eigenvalue weighted by molar-refractivity contribution is 5.87. The van der Waals surface area contributed by atoms with Crippen molar-refractivity contribution in [1.82, 2.24) is 0 Å². The summed E-state index contributed by atoms with van der Waals surface area (Å²) in [4.78, 5) is 0. The second-order valence-electron chi connectivity index (χ2n) is 7.77. The number of allylic oxidation sites excluding steroid dienone is 2. The second-order valence-corrected chi connectivity index (χ2v) is 7.77. The number of aryl methyl sites for hydroxylation is 4. The lowest BCUT2D eigenvalue weighted by molar-refractivity contribution is 0.692.